The second-order valence-electron chi connectivity index (χ2n) is 9.37. The molecule has 1 aliphatic rings. The Labute approximate surface area is 220 Å². The average molecular weight is 503 g/mol. The van der Waals surface area contributed by atoms with Gasteiger partial charge >= 0.3 is 0 Å². The molecule has 2 heterocycles. The quantitative estimate of drug-likeness (QED) is 0.215. The van der Waals surface area contributed by atoms with Gasteiger partial charge in [0, 0.05) is 29.1 Å². The van der Waals surface area contributed by atoms with Crippen LogP contribution in [-0.4, -0.2) is 21.3 Å². The van der Waals surface area contributed by atoms with Crippen LogP contribution in [0.2, 0.25) is 0 Å². The van der Waals surface area contributed by atoms with Crippen molar-refractivity contribution in [2.75, 3.05) is 0 Å². The van der Waals surface area contributed by atoms with E-state index < -0.39 is 5.82 Å². The Hall–Kier alpha value is -5.01. The van der Waals surface area contributed by atoms with Crippen molar-refractivity contribution in [3.8, 4) is 11.1 Å². The lowest BCUT2D eigenvalue weighted by Crippen LogP contribution is -2.29. The molecule has 6 nitrogen and oxygen atoms in total. The third-order valence-electron chi connectivity index (χ3n) is 7.13. The molecule has 1 aliphatic heterocycles. The fraction of sp³-hybridized carbons (Fsp3) is 0.161. The molecule has 186 valence electrons. The lowest BCUT2D eigenvalue weighted by molar-refractivity contribution is 0.0642. The zero-order valence-electron chi connectivity index (χ0n) is 21.2. The first kappa shape index (κ1) is 24.7. The summed E-state index contributed by atoms with van der Waals surface area (Å²) in [5, 5.41) is 0. The maximum Gasteiger partial charge on any atom is 0.261 e. The third kappa shape index (κ3) is 3.95. The van der Waals surface area contributed by atoms with Crippen LogP contribution in [0.3, 0.4) is 0 Å². The molecule has 0 radical (unpaired) electrons. The summed E-state index contributed by atoms with van der Waals surface area (Å²) in [4.78, 5) is 33.8. The van der Waals surface area contributed by atoms with Crippen LogP contribution in [-0.2, 0) is 13.1 Å². The van der Waals surface area contributed by atoms with Crippen LogP contribution in [0.25, 0.3) is 20.8 Å². The van der Waals surface area contributed by atoms with Crippen molar-refractivity contribution in [2.24, 2.45) is 0 Å². The summed E-state index contributed by atoms with van der Waals surface area (Å²) in [6.45, 7) is 20.9. The second-order valence-corrected chi connectivity index (χ2v) is 9.37. The molecule has 4 aromatic rings. The van der Waals surface area contributed by atoms with Crippen LogP contribution >= 0.6 is 0 Å². The number of rotatable bonds is 5. The van der Waals surface area contributed by atoms with Gasteiger partial charge in [0.1, 0.15) is 5.82 Å². The number of hydrogen-bond donors (Lipinski definition) is 0. The molecular formula is C31H23FN4O2. The molecule has 1 aromatic heterocycles. The molecule has 3 aromatic carbocycles. The van der Waals surface area contributed by atoms with Gasteiger partial charge in [0.15, 0.2) is 5.69 Å². The highest BCUT2D eigenvalue weighted by atomic mass is 19.1. The maximum absolute atomic E-state index is 15.3. The number of benzene rings is 3. The largest absolute Gasteiger partial charge is 0.355 e. The number of halogens is 1. The van der Waals surface area contributed by atoms with Crippen molar-refractivity contribution < 1.29 is 14.0 Å². The Morgan fingerprint density at radius 3 is 2.08 bits per heavy atom. The number of amides is 2. The molecule has 0 aliphatic carbocycles. The minimum Gasteiger partial charge on any atom is -0.355 e. The fourth-order valence-corrected chi connectivity index (χ4v) is 5.08. The highest BCUT2D eigenvalue weighted by Crippen LogP contribution is 2.40. The molecule has 0 saturated carbocycles. The average Bonchev–Trinajstić information content (AvgIpc) is 3.29. The van der Waals surface area contributed by atoms with Crippen molar-refractivity contribution in [1.82, 2.24) is 9.47 Å². The van der Waals surface area contributed by atoms with Crippen molar-refractivity contribution in [1.29, 1.82) is 0 Å². The van der Waals surface area contributed by atoms with Gasteiger partial charge in [-0.15, -0.1) is 0 Å². The fourth-order valence-electron chi connectivity index (χ4n) is 5.08. The van der Waals surface area contributed by atoms with Gasteiger partial charge in [0.2, 0.25) is 5.69 Å². The van der Waals surface area contributed by atoms with E-state index in [1.54, 1.807) is 42.5 Å². The van der Waals surface area contributed by atoms with E-state index in [2.05, 4.69) is 9.69 Å². The highest BCUT2D eigenvalue weighted by Gasteiger charge is 2.35. The zero-order valence-corrected chi connectivity index (χ0v) is 21.2. The van der Waals surface area contributed by atoms with Gasteiger partial charge < -0.3 is 4.57 Å². The van der Waals surface area contributed by atoms with Gasteiger partial charge in [0.05, 0.1) is 30.8 Å². The summed E-state index contributed by atoms with van der Waals surface area (Å²) in [6, 6.07) is 16.9. The molecule has 0 unspecified atom stereocenters. The van der Waals surface area contributed by atoms with E-state index in [0.717, 1.165) is 33.0 Å². The molecule has 0 atom stereocenters. The van der Waals surface area contributed by atoms with Gasteiger partial charge in [0.25, 0.3) is 11.8 Å². The minimum absolute atomic E-state index is 0.0168. The lowest BCUT2D eigenvalue weighted by atomic mass is 10.0. The van der Waals surface area contributed by atoms with E-state index in [1.165, 1.54) is 6.07 Å². The maximum atomic E-state index is 15.3. The Bertz CT molecular complexity index is 1700. The summed E-state index contributed by atoms with van der Waals surface area (Å²) < 4.78 is 17.2. The van der Waals surface area contributed by atoms with Crippen LogP contribution in [0, 0.1) is 39.7 Å². The van der Waals surface area contributed by atoms with Crippen LogP contribution < -0.4 is 0 Å². The summed E-state index contributed by atoms with van der Waals surface area (Å²) in [6.07, 6.45) is 0. The Morgan fingerprint density at radius 1 is 0.816 bits per heavy atom. The molecule has 38 heavy (non-hydrogen) atoms. The van der Waals surface area contributed by atoms with E-state index in [4.69, 9.17) is 13.1 Å². The molecule has 0 bridgehead atoms. The smallest absolute Gasteiger partial charge is 0.261 e. The first-order chi connectivity index (χ1) is 18.2. The number of aryl methyl sites for hydroxylation is 1. The number of nitrogens with zero attached hydrogens (tertiary/aromatic N) is 4. The van der Waals surface area contributed by atoms with Crippen molar-refractivity contribution in [2.45, 2.75) is 33.9 Å². The summed E-state index contributed by atoms with van der Waals surface area (Å²) in [7, 11) is 0. The summed E-state index contributed by atoms with van der Waals surface area (Å²) in [5.74, 6) is -1.21. The van der Waals surface area contributed by atoms with Crippen LogP contribution in [0.1, 0.15) is 48.8 Å². The van der Waals surface area contributed by atoms with Crippen LogP contribution in [0.5, 0.6) is 0 Å². The second kappa shape index (κ2) is 9.46. The SMILES string of the molecule is [C-]#[N+]c1ccc(-c2c([N+]#[C-])c(C)n(Cc3ccc(CN4C(=O)c5ccccc5C4=O)cc3F)c2C)cc1C. The number of carbonyl (C=O) groups is 2. The van der Waals surface area contributed by atoms with Gasteiger partial charge in [-0.1, -0.05) is 42.5 Å². The van der Waals surface area contributed by atoms with Crippen LogP contribution in [0.4, 0.5) is 15.8 Å². The van der Waals surface area contributed by atoms with E-state index in [0.29, 0.717) is 33.6 Å². The molecule has 7 heteroatoms. The normalized spacial score (nSPS) is 12.4. The predicted octanol–water partition coefficient (Wildman–Crippen LogP) is 7.17. The van der Waals surface area contributed by atoms with Gasteiger partial charge in [-0.3, -0.25) is 14.5 Å². The van der Waals surface area contributed by atoms with E-state index in [1.807, 2.05) is 37.5 Å². The van der Waals surface area contributed by atoms with E-state index >= 15 is 4.39 Å². The standard InChI is InChI=1S/C31H23FN4O2/c1-18-14-22(12-13-27(18)33-4)28-19(2)35(20(3)29(28)34-5)17-23-11-10-21(15-26(23)32)16-36-30(37)24-8-6-7-9-25(24)31(36)38/h6-15H,16-17H2,1-3H3. The van der Waals surface area contributed by atoms with Gasteiger partial charge in [-0.05, 0) is 55.7 Å². The lowest BCUT2D eigenvalue weighted by Gasteiger charge is -2.16. The molecule has 5 rings (SSSR count). The molecular weight excluding hydrogens is 479 g/mol. The zero-order chi connectivity index (χ0) is 27.1. The number of aromatic nitrogens is 1. The van der Waals surface area contributed by atoms with Crippen LogP contribution in [0.15, 0.2) is 60.7 Å². The summed E-state index contributed by atoms with van der Waals surface area (Å²) >= 11 is 0. The first-order valence-corrected chi connectivity index (χ1v) is 12.0. The van der Waals surface area contributed by atoms with Gasteiger partial charge in [-0.2, -0.15) is 0 Å². The molecule has 0 N–H and O–H groups in total. The summed E-state index contributed by atoms with van der Waals surface area (Å²) in [5.41, 5.74) is 6.74. The minimum atomic E-state index is -0.449. The van der Waals surface area contributed by atoms with E-state index in [-0.39, 0.29) is 24.9 Å². The first-order valence-electron chi connectivity index (χ1n) is 12.0. The van der Waals surface area contributed by atoms with E-state index in [9.17, 15) is 9.59 Å². The Morgan fingerprint density at radius 2 is 1.50 bits per heavy atom. The Kier molecular flexibility index (Phi) is 6.14. The molecule has 0 fully saturated rings. The van der Waals surface area contributed by atoms with Crippen molar-refractivity contribution in [3.63, 3.8) is 0 Å². The Balaban J connectivity index is 1.43. The number of imide groups is 1. The van der Waals surface area contributed by atoms with Crippen molar-refractivity contribution in [3.05, 3.63) is 129 Å². The number of hydrogen-bond acceptors (Lipinski definition) is 2. The topological polar surface area (TPSA) is 51.0 Å². The van der Waals surface area contributed by atoms with Gasteiger partial charge in [-0.25, -0.2) is 14.1 Å². The highest BCUT2D eigenvalue weighted by molar-refractivity contribution is 6.21. The molecule has 0 spiro atoms. The monoisotopic (exact) mass is 502 g/mol. The molecule has 0 saturated heterocycles. The third-order valence-corrected chi connectivity index (χ3v) is 7.13. The van der Waals surface area contributed by atoms with Crippen molar-refractivity contribution >= 4 is 23.2 Å². The predicted molar refractivity (Wildman–Crippen MR) is 143 cm³/mol. The molecule has 2 amide bonds. The number of carbonyl (C=O) groups excluding carboxylic acids is 2. The number of fused-ring (bicyclic) bond motifs is 1.